The van der Waals surface area contributed by atoms with Gasteiger partial charge >= 0.3 is 5.97 Å². The fourth-order valence-corrected chi connectivity index (χ4v) is 7.25. The minimum absolute atomic E-state index is 0.0275. The summed E-state index contributed by atoms with van der Waals surface area (Å²) in [6, 6.07) is 31.5. The van der Waals surface area contributed by atoms with Gasteiger partial charge in [-0.05, 0) is 51.4 Å². The Morgan fingerprint density at radius 2 is 1.11 bits per heavy atom. The largest absolute Gasteiger partial charge is 0.480 e. The van der Waals surface area contributed by atoms with E-state index in [9.17, 15) is 33.9 Å². The van der Waals surface area contributed by atoms with Crippen molar-refractivity contribution in [2.75, 3.05) is 5.32 Å². The Kier molecular flexibility index (Phi) is 13.6. The highest BCUT2D eigenvalue weighted by Gasteiger charge is 2.32. The summed E-state index contributed by atoms with van der Waals surface area (Å²) < 4.78 is 0. The standard InChI is InChI=1S/C44H43N5O7S/c50-39-21-22-40(51)46-37(27-34-12-7-23-57-34)43(54)48-36(25-29-13-17-32(18-14-29)31-10-5-2-6-11-31)41(52)47-35(24-28-8-3-1-4-9-28)42(53)49-38(44(55)56)26-30-15-19-33(45-39)20-16-30/h1-20,23,35-38H,21-22,24-27H2,(H,45,50)(H,46,51)(H,47,52)(H,48,54)(H,49,53)(H,55,56)/t35-,36+,37+,38+/m1/s1. The van der Waals surface area contributed by atoms with Crippen molar-refractivity contribution in [3.05, 3.63) is 148 Å². The first-order valence-corrected chi connectivity index (χ1v) is 19.5. The van der Waals surface area contributed by atoms with Gasteiger partial charge in [0.05, 0.1) is 0 Å². The number of rotatable bonds is 8. The molecule has 7 rings (SSSR count). The van der Waals surface area contributed by atoms with Gasteiger partial charge in [0, 0.05) is 49.1 Å². The number of carbonyl (C=O) groups is 6. The number of carbonyl (C=O) groups excluding carboxylic acids is 5. The molecule has 4 aromatic carbocycles. The maximum Gasteiger partial charge on any atom is 0.326 e. The number of aliphatic carboxylic acids is 1. The van der Waals surface area contributed by atoms with Gasteiger partial charge in [-0.25, -0.2) is 4.79 Å². The lowest BCUT2D eigenvalue weighted by atomic mass is 9.99. The highest BCUT2D eigenvalue weighted by molar-refractivity contribution is 7.09. The molecule has 1 aromatic heterocycles. The molecule has 0 unspecified atom stereocenters. The Morgan fingerprint density at radius 1 is 0.561 bits per heavy atom. The molecule has 0 spiro atoms. The van der Waals surface area contributed by atoms with Crippen molar-refractivity contribution in [2.45, 2.75) is 62.7 Å². The number of fused-ring (bicyclic) bond motifs is 18. The molecular weight excluding hydrogens is 743 g/mol. The zero-order valence-corrected chi connectivity index (χ0v) is 31.8. The zero-order chi connectivity index (χ0) is 40.1. The van der Waals surface area contributed by atoms with Crippen molar-refractivity contribution >= 4 is 52.5 Å². The summed E-state index contributed by atoms with van der Waals surface area (Å²) in [5, 5.41) is 25.7. The molecule has 0 aliphatic carbocycles. The van der Waals surface area contributed by atoms with Crippen LogP contribution in [0.4, 0.5) is 5.69 Å². The van der Waals surface area contributed by atoms with E-state index in [-0.39, 0.29) is 38.5 Å². The SMILES string of the molecule is O=C1CCC(=O)N[C@@H](Cc2cccs2)C(=O)N[C@@H](Cc2ccc(-c3ccccc3)cc2)C(=O)N[C@H](Cc2ccccc2)C(=O)N[C@H](C(=O)O)Cc2ccc(cc2)N1. The van der Waals surface area contributed by atoms with Gasteiger partial charge in [-0.15, -0.1) is 11.3 Å². The summed E-state index contributed by atoms with van der Waals surface area (Å²) in [6.07, 6.45) is -0.261. The third kappa shape index (κ3) is 11.7. The summed E-state index contributed by atoms with van der Waals surface area (Å²) in [6.45, 7) is 0. The Morgan fingerprint density at radius 3 is 1.70 bits per heavy atom. The topological polar surface area (TPSA) is 183 Å². The Hall–Kier alpha value is -6.60. The first kappa shape index (κ1) is 40.1. The third-order valence-corrected chi connectivity index (χ3v) is 10.5. The third-order valence-electron chi connectivity index (χ3n) is 9.56. The van der Waals surface area contributed by atoms with E-state index in [0.29, 0.717) is 22.4 Å². The van der Waals surface area contributed by atoms with Crippen molar-refractivity contribution in [3.63, 3.8) is 0 Å². The molecule has 13 heteroatoms. The molecular formula is C44H43N5O7S. The molecule has 12 nitrogen and oxygen atoms in total. The number of hydrogen-bond donors (Lipinski definition) is 6. The van der Waals surface area contributed by atoms with Gasteiger partial charge in [0.1, 0.15) is 24.2 Å². The summed E-state index contributed by atoms with van der Waals surface area (Å²) in [5.41, 5.74) is 4.40. The van der Waals surface area contributed by atoms with Crippen molar-refractivity contribution in [3.8, 4) is 11.1 Å². The summed E-state index contributed by atoms with van der Waals surface area (Å²) in [5.74, 6) is -4.28. The van der Waals surface area contributed by atoms with Crippen LogP contribution in [0.1, 0.15) is 34.4 Å². The molecule has 57 heavy (non-hydrogen) atoms. The first-order valence-electron chi connectivity index (χ1n) is 18.6. The van der Waals surface area contributed by atoms with Crippen molar-refractivity contribution in [2.24, 2.45) is 0 Å². The van der Waals surface area contributed by atoms with E-state index in [1.54, 1.807) is 48.5 Å². The van der Waals surface area contributed by atoms with Gasteiger partial charge in [-0.1, -0.05) is 103 Å². The minimum Gasteiger partial charge on any atom is -0.480 e. The van der Waals surface area contributed by atoms with E-state index in [0.717, 1.165) is 16.0 Å². The van der Waals surface area contributed by atoms with E-state index in [4.69, 9.17) is 0 Å². The Balaban J connectivity index is 1.34. The predicted molar refractivity (Wildman–Crippen MR) is 217 cm³/mol. The molecule has 5 amide bonds. The van der Waals surface area contributed by atoms with Crippen LogP contribution >= 0.6 is 11.3 Å². The molecule has 2 aliphatic rings. The second-order valence-electron chi connectivity index (χ2n) is 13.8. The van der Waals surface area contributed by atoms with Gasteiger partial charge in [0.2, 0.25) is 29.5 Å². The number of anilines is 1. The number of carboxylic acid groups (broad SMARTS) is 1. The number of hydrogen-bond acceptors (Lipinski definition) is 7. The predicted octanol–water partition coefficient (Wildman–Crippen LogP) is 4.44. The minimum atomic E-state index is -1.35. The average molecular weight is 786 g/mol. The number of benzene rings is 4. The molecule has 292 valence electrons. The van der Waals surface area contributed by atoms with Gasteiger partial charge in [0.15, 0.2) is 0 Å². The molecule has 0 fully saturated rings. The number of nitrogens with one attached hydrogen (secondary N) is 5. The second kappa shape index (κ2) is 19.3. The summed E-state index contributed by atoms with van der Waals surface area (Å²) in [4.78, 5) is 81.8. The number of amides is 5. The van der Waals surface area contributed by atoms with Crippen LogP contribution < -0.4 is 26.6 Å². The maximum absolute atomic E-state index is 14.4. The van der Waals surface area contributed by atoms with Crippen LogP contribution in [0, 0.1) is 0 Å². The van der Waals surface area contributed by atoms with Crippen LogP contribution in [0.15, 0.2) is 127 Å². The molecule has 5 aromatic rings. The lowest BCUT2D eigenvalue weighted by Crippen LogP contribution is -2.59. The van der Waals surface area contributed by atoms with E-state index in [2.05, 4.69) is 26.6 Å². The van der Waals surface area contributed by atoms with Crippen LogP contribution in [-0.2, 0) is 54.5 Å². The van der Waals surface area contributed by atoms with Crippen molar-refractivity contribution in [1.82, 2.24) is 21.3 Å². The fraction of sp³-hybridized carbons (Fsp3) is 0.227. The molecule has 4 atom stereocenters. The smallest absolute Gasteiger partial charge is 0.326 e. The lowest BCUT2D eigenvalue weighted by Gasteiger charge is -2.26. The lowest BCUT2D eigenvalue weighted by molar-refractivity contribution is -0.142. The average Bonchev–Trinajstić information content (AvgIpc) is 3.73. The van der Waals surface area contributed by atoms with Crippen molar-refractivity contribution in [1.29, 1.82) is 0 Å². The van der Waals surface area contributed by atoms with Crippen LogP contribution in [0.25, 0.3) is 11.1 Å². The number of thiophene rings is 1. The fourth-order valence-electron chi connectivity index (χ4n) is 6.50. The van der Waals surface area contributed by atoms with Crippen LogP contribution in [-0.4, -0.2) is 64.8 Å². The van der Waals surface area contributed by atoms with Gasteiger partial charge < -0.3 is 31.7 Å². The highest BCUT2D eigenvalue weighted by atomic mass is 32.1. The Labute approximate surface area is 334 Å². The maximum atomic E-state index is 14.4. The molecule has 6 N–H and O–H groups in total. The van der Waals surface area contributed by atoms with Crippen molar-refractivity contribution < 1.29 is 33.9 Å². The summed E-state index contributed by atoms with van der Waals surface area (Å²) in [7, 11) is 0. The molecule has 2 aliphatic heterocycles. The second-order valence-corrected chi connectivity index (χ2v) is 14.9. The van der Waals surface area contributed by atoms with E-state index in [1.165, 1.54) is 11.3 Å². The van der Waals surface area contributed by atoms with E-state index < -0.39 is 59.7 Å². The Bertz CT molecular complexity index is 2160. The zero-order valence-electron chi connectivity index (χ0n) is 31.0. The molecule has 2 bridgehead atoms. The quantitative estimate of drug-likeness (QED) is 0.126. The monoisotopic (exact) mass is 785 g/mol. The summed E-state index contributed by atoms with van der Waals surface area (Å²) >= 11 is 1.41. The molecule has 0 saturated carbocycles. The van der Waals surface area contributed by atoms with Crippen LogP contribution in [0.5, 0.6) is 0 Å². The van der Waals surface area contributed by atoms with Gasteiger partial charge in [-0.3, -0.25) is 24.0 Å². The first-order chi connectivity index (χ1) is 27.6. The highest BCUT2D eigenvalue weighted by Crippen LogP contribution is 2.21. The van der Waals surface area contributed by atoms with Gasteiger partial charge in [0.25, 0.3) is 0 Å². The number of carboxylic acids is 1. The van der Waals surface area contributed by atoms with Crippen LogP contribution in [0.2, 0.25) is 0 Å². The normalized spacial score (nSPS) is 19.9. The molecule has 0 saturated heterocycles. The van der Waals surface area contributed by atoms with E-state index >= 15 is 0 Å². The molecule has 0 radical (unpaired) electrons. The van der Waals surface area contributed by atoms with Gasteiger partial charge in [-0.2, -0.15) is 0 Å². The van der Waals surface area contributed by atoms with Crippen LogP contribution in [0.3, 0.4) is 0 Å². The van der Waals surface area contributed by atoms with E-state index in [1.807, 2.05) is 78.2 Å². The molecule has 3 heterocycles.